The molecule has 24 heavy (non-hydrogen) atoms. The molecule has 0 aromatic heterocycles. The van der Waals surface area contributed by atoms with Crippen molar-refractivity contribution in [3.05, 3.63) is 0 Å². The van der Waals surface area contributed by atoms with Crippen molar-refractivity contribution in [2.24, 2.45) is 5.92 Å². The Kier molecular flexibility index (Phi) is 4.40. The van der Waals surface area contributed by atoms with Crippen LogP contribution in [0.15, 0.2) is 0 Å². The summed E-state index contributed by atoms with van der Waals surface area (Å²) in [6.45, 7) is 0.224. The zero-order valence-electron chi connectivity index (χ0n) is 13.5. The van der Waals surface area contributed by atoms with Gasteiger partial charge < -0.3 is 9.80 Å². The number of carbonyl (C=O) groups is 2. The Labute approximate surface area is 142 Å². The van der Waals surface area contributed by atoms with E-state index in [0.717, 1.165) is 0 Å². The first-order chi connectivity index (χ1) is 11.1. The van der Waals surface area contributed by atoms with Crippen molar-refractivity contribution >= 4 is 31.5 Å². The van der Waals surface area contributed by atoms with Gasteiger partial charge in [0, 0.05) is 32.1 Å². The third-order valence-electron chi connectivity index (χ3n) is 5.26. The van der Waals surface area contributed by atoms with Gasteiger partial charge in [-0.3, -0.25) is 9.59 Å². The van der Waals surface area contributed by atoms with Crippen molar-refractivity contribution in [3.8, 4) is 0 Å². The average Bonchev–Trinajstić information content (AvgIpc) is 3.14. The first-order valence-corrected chi connectivity index (χ1v) is 11.7. The van der Waals surface area contributed by atoms with E-state index in [1.807, 2.05) is 0 Å². The topological polar surface area (TPSA) is 109 Å². The molecule has 2 amide bonds. The fourth-order valence-corrected chi connectivity index (χ4v) is 7.32. The lowest BCUT2D eigenvalue weighted by Crippen LogP contribution is -2.43. The molecule has 0 saturated carbocycles. The molecular formula is C14H22N2O6S2. The van der Waals surface area contributed by atoms with Gasteiger partial charge in [0.25, 0.3) is 0 Å². The van der Waals surface area contributed by atoms with E-state index < -0.39 is 25.6 Å². The molecule has 0 aromatic rings. The van der Waals surface area contributed by atoms with E-state index in [1.165, 1.54) is 9.80 Å². The zero-order chi connectivity index (χ0) is 17.7. The van der Waals surface area contributed by atoms with Crippen molar-refractivity contribution in [2.75, 3.05) is 36.6 Å². The molecule has 0 aromatic carbocycles. The number of rotatable bonds is 3. The largest absolute Gasteiger partial charge is 0.341 e. The van der Waals surface area contributed by atoms with Crippen molar-refractivity contribution in [1.29, 1.82) is 0 Å². The Morgan fingerprint density at radius 1 is 1.08 bits per heavy atom. The molecule has 0 aliphatic carbocycles. The Hall–Kier alpha value is -1.16. The minimum absolute atomic E-state index is 0.0273. The summed E-state index contributed by atoms with van der Waals surface area (Å²) in [6, 6.07) is -0.670. The lowest BCUT2D eigenvalue weighted by molar-refractivity contribution is -0.136. The molecule has 8 nitrogen and oxygen atoms in total. The molecule has 10 heteroatoms. The summed E-state index contributed by atoms with van der Waals surface area (Å²) in [6.07, 6.45) is 0.917. The van der Waals surface area contributed by atoms with Crippen molar-refractivity contribution in [2.45, 2.75) is 31.3 Å². The van der Waals surface area contributed by atoms with E-state index in [9.17, 15) is 26.4 Å². The lowest BCUT2D eigenvalue weighted by Gasteiger charge is -2.27. The van der Waals surface area contributed by atoms with E-state index in [2.05, 4.69) is 0 Å². The summed E-state index contributed by atoms with van der Waals surface area (Å²) in [5.41, 5.74) is 0. The molecule has 3 atom stereocenters. The van der Waals surface area contributed by atoms with Crippen LogP contribution in [0.3, 0.4) is 0 Å². The second-order valence-electron chi connectivity index (χ2n) is 7.01. The number of hydrogen-bond donors (Lipinski definition) is 0. The van der Waals surface area contributed by atoms with Gasteiger partial charge in [0.1, 0.15) is 0 Å². The molecule has 3 rings (SSSR count). The zero-order valence-corrected chi connectivity index (χ0v) is 15.2. The Balaban J connectivity index is 1.64. The highest BCUT2D eigenvalue weighted by Crippen LogP contribution is 2.28. The van der Waals surface area contributed by atoms with Gasteiger partial charge in [-0.25, -0.2) is 16.8 Å². The normalized spacial score (nSPS) is 34.6. The number of sulfone groups is 2. The monoisotopic (exact) mass is 378 g/mol. The predicted octanol–water partition coefficient (Wildman–Crippen LogP) is -1.33. The van der Waals surface area contributed by atoms with Gasteiger partial charge in [-0.1, -0.05) is 0 Å². The second kappa shape index (κ2) is 5.98. The summed E-state index contributed by atoms with van der Waals surface area (Å²) in [5.74, 6) is -0.826. The maximum atomic E-state index is 12.6. The van der Waals surface area contributed by atoms with Crippen LogP contribution in [0.4, 0.5) is 0 Å². The van der Waals surface area contributed by atoms with E-state index in [1.54, 1.807) is 7.05 Å². The smallest absolute Gasteiger partial charge is 0.228 e. The quantitative estimate of drug-likeness (QED) is 0.602. The molecular weight excluding hydrogens is 356 g/mol. The van der Waals surface area contributed by atoms with Gasteiger partial charge in [0.15, 0.2) is 19.7 Å². The van der Waals surface area contributed by atoms with Crippen LogP contribution in [0.25, 0.3) is 0 Å². The first kappa shape index (κ1) is 17.7. The van der Waals surface area contributed by atoms with Crippen LogP contribution < -0.4 is 0 Å². The Morgan fingerprint density at radius 2 is 1.71 bits per heavy atom. The Bertz CT molecular complexity index is 760. The average molecular weight is 378 g/mol. The molecule has 3 aliphatic rings. The van der Waals surface area contributed by atoms with Crippen LogP contribution >= 0.6 is 0 Å². The van der Waals surface area contributed by atoms with Gasteiger partial charge in [0.2, 0.25) is 11.8 Å². The van der Waals surface area contributed by atoms with Crippen molar-refractivity contribution in [3.63, 3.8) is 0 Å². The van der Waals surface area contributed by atoms with Crippen LogP contribution in [0.1, 0.15) is 19.3 Å². The molecule has 0 spiro atoms. The number of carbonyl (C=O) groups excluding carboxylic acids is 2. The maximum absolute atomic E-state index is 12.6. The number of nitrogens with zero attached hydrogens (tertiary/aromatic N) is 2. The molecule has 3 saturated heterocycles. The van der Waals surface area contributed by atoms with Gasteiger partial charge in [-0.2, -0.15) is 0 Å². The van der Waals surface area contributed by atoms with Crippen molar-refractivity contribution < 1.29 is 26.4 Å². The Morgan fingerprint density at radius 3 is 2.25 bits per heavy atom. The summed E-state index contributed by atoms with van der Waals surface area (Å²) >= 11 is 0. The van der Waals surface area contributed by atoms with E-state index in [4.69, 9.17) is 0 Å². The fourth-order valence-electron chi connectivity index (χ4n) is 3.82. The minimum Gasteiger partial charge on any atom is -0.341 e. The highest BCUT2D eigenvalue weighted by atomic mass is 32.2. The molecule has 3 aliphatic heterocycles. The van der Waals surface area contributed by atoms with E-state index >= 15 is 0 Å². The first-order valence-electron chi connectivity index (χ1n) is 8.05. The molecule has 3 unspecified atom stereocenters. The molecule has 0 N–H and O–H groups in total. The maximum Gasteiger partial charge on any atom is 0.228 e. The van der Waals surface area contributed by atoms with Gasteiger partial charge in [0.05, 0.1) is 28.9 Å². The summed E-state index contributed by atoms with van der Waals surface area (Å²) < 4.78 is 46.3. The number of amides is 2. The predicted molar refractivity (Wildman–Crippen MR) is 86.7 cm³/mol. The SMILES string of the molecule is CN(C(=O)C1CC(=O)N(C2CCS(=O)(=O)C2)C1)C1CCS(=O)(=O)C1. The minimum atomic E-state index is -3.09. The highest BCUT2D eigenvalue weighted by molar-refractivity contribution is 7.91. The summed E-state index contributed by atoms with van der Waals surface area (Å²) in [7, 11) is -4.59. The van der Waals surface area contributed by atoms with Gasteiger partial charge >= 0.3 is 0 Å². The highest BCUT2D eigenvalue weighted by Gasteiger charge is 2.44. The number of hydrogen-bond acceptors (Lipinski definition) is 6. The van der Waals surface area contributed by atoms with Crippen LogP contribution in [0.5, 0.6) is 0 Å². The third kappa shape index (κ3) is 3.44. The summed E-state index contributed by atoms with van der Waals surface area (Å²) in [5, 5.41) is 0. The van der Waals surface area contributed by atoms with Crippen LogP contribution in [0.2, 0.25) is 0 Å². The van der Waals surface area contributed by atoms with Crippen LogP contribution in [-0.4, -0.2) is 87.1 Å². The summed E-state index contributed by atoms with van der Waals surface area (Å²) in [4.78, 5) is 27.8. The third-order valence-corrected chi connectivity index (χ3v) is 8.76. The molecule has 3 fully saturated rings. The molecule has 0 bridgehead atoms. The van der Waals surface area contributed by atoms with Gasteiger partial charge in [-0.15, -0.1) is 0 Å². The number of likely N-dealkylation sites (tertiary alicyclic amines) is 1. The molecule has 136 valence electrons. The van der Waals surface area contributed by atoms with Crippen LogP contribution in [0, 0.1) is 5.92 Å². The fraction of sp³-hybridized carbons (Fsp3) is 0.857. The van der Waals surface area contributed by atoms with Crippen LogP contribution in [-0.2, 0) is 29.3 Å². The molecule has 0 radical (unpaired) electrons. The van der Waals surface area contributed by atoms with E-state index in [0.29, 0.717) is 12.8 Å². The van der Waals surface area contributed by atoms with E-state index in [-0.39, 0.29) is 59.9 Å². The standard InChI is InChI=1S/C14H22N2O6S2/c1-15(11-2-4-23(19,20)8-11)14(18)10-6-13(17)16(7-10)12-3-5-24(21,22)9-12/h10-12H,2-9H2,1H3. The molecule has 3 heterocycles. The second-order valence-corrected chi connectivity index (χ2v) is 11.5. The van der Waals surface area contributed by atoms with Crippen molar-refractivity contribution in [1.82, 2.24) is 9.80 Å². The lowest BCUT2D eigenvalue weighted by atomic mass is 10.1. The van der Waals surface area contributed by atoms with Gasteiger partial charge in [-0.05, 0) is 12.8 Å².